The SMILES string of the molecule is C=CCN1C(=O)[C@H]2COC3(CCCCC3)N2C1=O. The zero-order valence-electron chi connectivity index (χ0n) is 10.4. The fourth-order valence-electron chi connectivity index (χ4n) is 3.34. The Morgan fingerprint density at radius 3 is 2.72 bits per heavy atom. The van der Waals surface area contributed by atoms with Crippen LogP contribution in [0.3, 0.4) is 0 Å². The maximum absolute atomic E-state index is 12.4. The minimum atomic E-state index is -0.508. The van der Waals surface area contributed by atoms with Gasteiger partial charge >= 0.3 is 6.03 Å². The first-order valence-electron chi connectivity index (χ1n) is 6.59. The van der Waals surface area contributed by atoms with Crippen molar-refractivity contribution in [2.24, 2.45) is 0 Å². The molecule has 0 radical (unpaired) electrons. The van der Waals surface area contributed by atoms with Crippen LogP contribution in [0.1, 0.15) is 32.1 Å². The van der Waals surface area contributed by atoms with E-state index in [0.29, 0.717) is 13.2 Å². The minimum absolute atomic E-state index is 0.137. The molecule has 1 saturated carbocycles. The molecule has 3 amide bonds. The molecule has 1 atom stereocenters. The van der Waals surface area contributed by atoms with Crippen LogP contribution in [0.15, 0.2) is 12.7 Å². The van der Waals surface area contributed by atoms with Crippen LogP contribution in [-0.4, -0.2) is 46.7 Å². The summed E-state index contributed by atoms with van der Waals surface area (Å²) in [6.45, 7) is 4.23. The van der Waals surface area contributed by atoms with E-state index in [1.54, 1.807) is 11.0 Å². The van der Waals surface area contributed by atoms with Gasteiger partial charge in [0.2, 0.25) is 0 Å². The summed E-state index contributed by atoms with van der Waals surface area (Å²) in [7, 11) is 0. The second-order valence-electron chi connectivity index (χ2n) is 5.22. The molecule has 3 aliphatic rings. The third-order valence-electron chi connectivity index (χ3n) is 4.20. The zero-order valence-corrected chi connectivity index (χ0v) is 10.4. The van der Waals surface area contributed by atoms with Gasteiger partial charge in [-0.1, -0.05) is 12.5 Å². The molecule has 0 aromatic heterocycles. The highest BCUT2D eigenvalue weighted by Crippen LogP contribution is 2.43. The van der Waals surface area contributed by atoms with Gasteiger partial charge in [0.1, 0.15) is 11.8 Å². The Bertz CT molecular complexity index is 401. The number of carbonyl (C=O) groups excluding carboxylic acids is 2. The number of ether oxygens (including phenoxy) is 1. The van der Waals surface area contributed by atoms with Gasteiger partial charge in [-0.3, -0.25) is 14.6 Å². The summed E-state index contributed by atoms with van der Waals surface area (Å²) in [6, 6.07) is -0.611. The number of hydrogen-bond donors (Lipinski definition) is 0. The van der Waals surface area contributed by atoms with E-state index < -0.39 is 11.8 Å². The van der Waals surface area contributed by atoms with E-state index in [-0.39, 0.29) is 11.9 Å². The monoisotopic (exact) mass is 250 g/mol. The van der Waals surface area contributed by atoms with Gasteiger partial charge in [0.05, 0.1) is 6.61 Å². The molecule has 2 saturated heterocycles. The normalized spacial score (nSPS) is 30.1. The minimum Gasteiger partial charge on any atom is -0.353 e. The van der Waals surface area contributed by atoms with Crippen molar-refractivity contribution >= 4 is 11.9 Å². The first-order valence-corrected chi connectivity index (χ1v) is 6.59. The van der Waals surface area contributed by atoms with Crippen LogP contribution >= 0.6 is 0 Å². The standard InChI is InChI=1S/C13H18N2O3/c1-2-8-14-11(16)10-9-18-13(15(10)12(14)17)6-4-3-5-7-13/h2,10H,1,3-9H2/t10-/m1/s1. The molecule has 1 aliphatic carbocycles. The maximum Gasteiger partial charge on any atom is 0.330 e. The van der Waals surface area contributed by atoms with Crippen LogP contribution in [0.2, 0.25) is 0 Å². The number of rotatable bonds is 2. The van der Waals surface area contributed by atoms with Crippen molar-refractivity contribution in [3.63, 3.8) is 0 Å². The van der Waals surface area contributed by atoms with Crippen molar-refractivity contribution in [2.45, 2.75) is 43.9 Å². The van der Waals surface area contributed by atoms with E-state index in [0.717, 1.165) is 25.7 Å². The van der Waals surface area contributed by atoms with E-state index in [1.807, 2.05) is 0 Å². The summed E-state index contributed by atoms with van der Waals surface area (Å²) in [6.07, 6.45) is 6.60. The van der Waals surface area contributed by atoms with Crippen molar-refractivity contribution in [2.75, 3.05) is 13.2 Å². The number of nitrogens with zero attached hydrogens (tertiary/aromatic N) is 2. The predicted octanol–water partition coefficient (Wildman–Crippen LogP) is 1.50. The number of urea groups is 1. The molecule has 2 aliphatic heterocycles. The lowest BCUT2D eigenvalue weighted by molar-refractivity contribution is -0.127. The smallest absolute Gasteiger partial charge is 0.330 e. The van der Waals surface area contributed by atoms with Crippen molar-refractivity contribution in [3.05, 3.63) is 12.7 Å². The average Bonchev–Trinajstić information content (AvgIpc) is 2.85. The zero-order chi connectivity index (χ0) is 12.8. The number of fused-ring (bicyclic) bond motifs is 2. The summed E-state index contributed by atoms with van der Waals surface area (Å²) in [5, 5.41) is 0. The second kappa shape index (κ2) is 4.09. The second-order valence-corrected chi connectivity index (χ2v) is 5.22. The van der Waals surface area contributed by atoms with Gasteiger partial charge in [-0.05, 0) is 25.7 Å². The molecule has 0 N–H and O–H groups in total. The Labute approximate surface area is 106 Å². The largest absolute Gasteiger partial charge is 0.353 e. The molecule has 5 nitrogen and oxygen atoms in total. The van der Waals surface area contributed by atoms with Crippen LogP contribution in [0.25, 0.3) is 0 Å². The topological polar surface area (TPSA) is 49.9 Å². The summed E-state index contributed by atoms with van der Waals surface area (Å²) in [5.74, 6) is -0.137. The highest BCUT2D eigenvalue weighted by atomic mass is 16.5. The number of amides is 3. The molecule has 0 bridgehead atoms. The number of imide groups is 1. The number of hydrogen-bond acceptors (Lipinski definition) is 3. The molecular formula is C13H18N2O3. The Morgan fingerprint density at radius 1 is 1.33 bits per heavy atom. The van der Waals surface area contributed by atoms with Gasteiger partial charge < -0.3 is 4.74 Å². The van der Waals surface area contributed by atoms with Crippen LogP contribution in [0.4, 0.5) is 4.79 Å². The lowest BCUT2D eigenvalue weighted by Gasteiger charge is -2.39. The van der Waals surface area contributed by atoms with Gasteiger partial charge in [-0.25, -0.2) is 4.79 Å². The molecule has 0 aromatic rings. The van der Waals surface area contributed by atoms with Gasteiger partial charge in [0, 0.05) is 6.54 Å². The van der Waals surface area contributed by atoms with Crippen LogP contribution in [0, 0.1) is 0 Å². The third kappa shape index (κ3) is 1.43. The van der Waals surface area contributed by atoms with Crippen molar-refractivity contribution < 1.29 is 14.3 Å². The molecule has 1 spiro atoms. The molecular weight excluding hydrogens is 232 g/mol. The fraction of sp³-hybridized carbons (Fsp3) is 0.692. The molecule has 18 heavy (non-hydrogen) atoms. The molecule has 5 heteroatoms. The van der Waals surface area contributed by atoms with E-state index in [9.17, 15) is 9.59 Å². The first-order chi connectivity index (χ1) is 8.69. The molecule has 0 aromatic carbocycles. The molecule has 0 unspecified atom stereocenters. The van der Waals surface area contributed by atoms with Gasteiger partial charge in [-0.2, -0.15) is 0 Å². The highest BCUT2D eigenvalue weighted by molar-refractivity contribution is 6.05. The summed E-state index contributed by atoms with van der Waals surface area (Å²) in [5.41, 5.74) is -0.508. The molecule has 98 valence electrons. The Hall–Kier alpha value is -1.36. The quantitative estimate of drug-likeness (QED) is 0.551. The Morgan fingerprint density at radius 2 is 2.06 bits per heavy atom. The molecule has 3 rings (SSSR count). The lowest BCUT2D eigenvalue weighted by Crippen LogP contribution is -2.50. The first kappa shape index (κ1) is 11.7. The predicted molar refractivity (Wildman–Crippen MR) is 64.7 cm³/mol. The van der Waals surface area contributed by atoms with E-state index in [4.69, 9.17) is 4.74 Å². The van der Waals surface area contributed by atoms with Gasteiger partial charge in [-0.15, -0.1) is 6.58 Å². The summed E-state index contributed by atoms with van der Waals surface area (Å²) in [4.78, 5) is 27.5. The Balaban J connectivity index is 1.90. The van der Waals surface area contributed by atoms with Crippen molar-refractivity contribution in [1.29, 1.82) is 0 Å². The fourth-order valence-corrected chi connectivity index (χ4v) is 3.34. The highest BCUT2D eigenvalue weighted by Gasteiger charge is 2.59. The van der Waals surface area contributed by atoms with Gasteiger partial charge in [0.15, 0.2) is 0 Å². The third-order valence-corrected chi connectivity index (χ3v) is 4.20. The van der Waals surface area contributed by atoms with E-state index >= 15 is 0 Å². The molecule has 2 heterocycles. The van der Waals surface area contributed by atoms with Crippen LogP contribution in [-0.2, 0) is 9.53 Å². The van der Waals surface area contributed by atoms with Crippen molar-refractivity contribution in [3.8, 4) is 0 Å². The van der Waals surface area contributed by atoms with Crippen molar-refractivity contribution in [1.82, 2.24) is 9.80 Å². The maximum atomic E-state index is 12.4. The molecule has 3 fully saturated rings. The van der Waals surface area contributed by atoms with Gasteiger partial charge in [0.25, 0.3) is 5.91 Å². The summed E-state index contributed by atoms with van der Waals surface area (Å²) >= 11 is 0. The van der Waals surface area contributed by atoms with Crippen LogP contribution in [0.5, 0.6) is 0 Å². The lowest BCUT2D eigenvalue weighted by atomic mass is 9.90. The Kier molecular flexibility index (Phi) is 2.66. The average molecular weight is 250 g/mol. The van der Waals surface area contributed by atoms with E-state index in [1.165, 1.54) is 11.3 Å². The van der Waals surface area contributed by atoms with Crippen LogP contribution < -0.4 is 0 Å². The van der Waals surface area contributed by atoms with E-state index in [2.05, 4.69) is 6.58 Å². The number of carbonyl (C=O) groups is 2. The summed E-state index contributed by atoms with van der Waals surface area (Å²) < 4.78 is 5.85.